The third-order valence-corrected chi connectivity index (χ3v) is 2.18. The number of hydrogen-bond acceptors (Lipinski definition) is 5. The first-order chi connectivity index (χ1) is 8.76. The predicted molar refractivity (Wildman–Crippen MR) is 72.7 cm³/mol. The maximum atomic E-state index is 11.6. The molecule has 6 nitrogen and oxygen atoms in total. The van der Waals surface area contributed by atoms with E-state index in [4.69, 9.17) is 15.2 Å². The lowest BCUT2D eigenvalue weighted by molar-refractivity contribution is -0.145. The summed E-state index contributed by atoms with van der Waals surface area (Å²) >= 11 is 0. The monoisotopic (exact) mass is 274 g/mol. The number of carbonyl (C=O) groups excluding carboxylic acids is 2. The first kappa shape index (κ1) is 17.7. The maximum absolute atomic E-state index is 11.6. The zero-order chi connectivity index (χ0) is 14.9. The van der Waals surface area contributed by atoms with E-state index in [1.54, 1.807) is 27.7 Å². The van der Waals surface area contributed by atoms with E-state index in [1.807, 2.05) is 0 Å². The minimum Gasteiger partial charge on any atom is -0.464 e. The first-order valence-corrected chi connectivity index (χ1v) is 6.62. The van der Waals surface area contributed by atoms with Crippen LogP contribution in [-0.4, -0.2) is 36.9 Å². The predicted octanol–water partition coefficient (Wildman–Crippen LogP) is 1.57. The van der Waals surface area contributed by atoms with Crippen molar-refractivity contribution in [1.82, 2.24) is 5.32 Å². The quantitative estimate of drug-likeness (QED) is 0.543. The van der Waals surface area contributed by atoms with E-state index in [0.29, 0.717) is 13.2 Å². The van der Waals surface area contributed by atoms with Crippen molar-refractivity contribution >= 4 is 12.1 Å². The second-order valence-corrected chi connectivity index (χ2v) is 5.38. The zero-order valence-electron chi connectivity index (χ0n) is 12.3. The third kappa shape index (κ3) is 10.3. The highest BCUT2D eigenvalue weighted by molar-refractivity contribution is 5.80. The molecule has 0 bridgehead atoms. The number of amides is 1. The van der Waals surface area contributed by atoms with Crippen LogP contribution in [0, 0.1) is 0 Å². The molecule has 0 heterocycles. The van der Waals surface area contributed by atoms with Crippen molar-refractivity contribution < 1.29 is 19.1 Å². The number of unbranched alkanes of at least 4 members (excludes halogenated alkanes) is 2. The molecule has 1 amide bonds. The van der Waals surface area contributed by atoms with Gasteiger partial charge in [0.1, 0.15) is 11.6 Å². The highest BCUT2D eigenvalue weighted by Gasteiger charge is 2.21. The van der Waals surface area contributed by atoms with E-state index in [9.17, 15) is 9.59 Å². The zero-order valence-corrected chi connectivity index (χ0v) is 12.3. The summed E-state index contributed by atoms with van der Waals surface area (Å²) in [5, 5.41) is 2.43. The highest BCUT2D eigenvalue weighted by Crippen LogP contribution is 2.07. The summed E-state index contributed by atoms with van der Waals surface area (Å²) in [5.41, 5.74) is 4.77. The smallest absolute Gasteiger partial charge is 0.408 e. The molecule has 0 aliphatic heterocycles. The van der Waals surface area contributed by atoms with Crippen LogP contribution in [0.15, 0.2) is 0 Å². The topological polar surface area (TPSA) is 90.6 Å². The van der Waals surface area contributed by atoms with Crippen LogP contribution < -0.4 is 11.1 Å². The van der Waals surface area contributed by atoms with Crippen molar-refractivity contribution in [1.29, 1.82) is 0 Å². The summed E-state index contributed by atoms with van der Waals surface area (Å²) in [6.07, 6.45) is 2.00. The van der Waals surface area contributed by atoms with Crippen molar-refractivity contribution in [3.8, 4) is 0 Å². The normalized spacial score (nSPS) is 12.7. The number of nitrogens with one attached hydrogen (secondary N) is 1. The molecule has 0 aliphatic carbocycles. The molecule has 6 heteroatoms. The molecule has 0 fully saturated rings. The molecular formula is C13H26N2O4. The summed E-state index contributed by atoms with van der Waals surface area (Å²) in [6, 6.07) is -0.718. The minimum absolute atomic E-state index is 0.346. The molecule has 0 aliphatic rings. The fourth-order valence-electron chi connectivity index (χ4n) is 1.26. The van der Waals surface area contributed by atoms with Crippen molar-refractivity contribution in [3.05, 3.63) is 0 Å². The van der Waals surface area contributed by atoms with Crippen LogP contribution in [-0.2, 0) is 14.3 Å². The van der Waals surface area contributed by atoms with Gasteiger partial charge in [-0.2, -0.15) is 0 Å². The molecule has 3 N–H and O–H groups in total. The number of nitrogens with two attached hydrogens (primary N) is 1. The van der Waals surface area contributed by atoms with Gasteiger partial charge in [0, 0.05) is 0 Å². The van der Waals surface area contributed by atoms with Crippen LogP contribution in [0.2, 0.25) is 0 Å². The number of alkyl carbamates (subject to hydrolysis) is 1. The van der Waals surface area contributed by atoms with Gasteiger partial charge in [-0.25, -0.2) is 9.59 Å². The molecule has 0 aromatic heterocycles. The largest absolute Gasteiger partial charge is 0.464 e. The van der Waals surface area contributed by atoms with E-state index in [0.717, 1.165) is 19.3 Å². The summed E-state index contributed by atoms with van der Waals surface area (Å²) in [7, 11) is 0. The lowest BCUT2D eigenvalue weighted by Gasteiger charge is -2.21. The molecule has 0 saturated heterocycles. The van der Waals surface area contributed by atoms with Gasteiger partial charge in [-0.05, 0) is 53.5 Å². The Bertz CT molecular complexity index is 287. The van der Waals surface area contributed by atoms with Gasteiger partial charge in [0.05, 0.1) is 6.61 Å². The Morgan fingerprint density at radius 2 is 1.84 bits per heavy atom. The Morgan fingerprint density at radius 1 is 1.21 bits per heavy atom. The fourth-order valence-corrected chi connectivity index (χ4v) is 1.26. The minimum atomic E-state index is -0.718. The molecule has 112 valence electrons. The molecule has 0 aromatic rings. The third-order valence-electron chi connectivity index (χ3n) is 2.18. The second-order valence-electron chi connectivity index (χ2n) is 5.38. The fraction of sp³-hybridized carbons (Fsp3) is 0.846. The Morgan fingerprint density at radius 3 is 2.37 bits per heavy atom. The van der Waals surface area contributed by atoms with Gasteiger partial charge in [-0.15, -0.1) is 0 Å². The van der Waals surface area contributed by atoms with Gasteiger partial charge in [0.25, 0.3) is 0 Å². The van der Waals surface area contributed by atoms with Crippen molar-refractivity contribution in [3.63, 3.8) is 0 Å². The van der Waals surface area contributed by atoms with Gasteiger partial charge in [-0.1, -0.05) is 0 Å². The van der Waals surface area contributed by atoms with Gasteiger partial charge in [0.15, 0.2) is 0 Å². The summed E-state index contributed by atoms with van der Waals surface area (Å²) < 4.78 is 10.1. The van der Waals surface area contributed by atoms with Gasteiger partial charge >= 0.3 is 12.1 Å². The van der Waals surface area contributed by atoms with Gasteiger partial charge in [0.2, 0.25) is 0 Å². The summed E-state index contributed by atoms with van der Waals surface area (Å²) in [4.78, 5) is 23.0. The Kier molecular flexibility index (Phi) is 8.14. The van der Waals surface area contributed by atoms with Crippen LogP contribution in [0.1, 0.15) is 47.0 Å². The average Bonchev–Trinajstić information content (AvgIpc) is 2.25. The maximum Gasteiger partial charge on any atom is 0.408 e. The van der Waals surface area contributed by atoms with Crippen LogP contribution in [0.5, 0.6) is 0 Å². The second kappa shape index (κ2) is 8.74. The number of rotatable bonds is 7. The Hall–Kier alpha value is -1.30. The van der Waals surface area contributed by atoms with Crippen LogP contribution in [0.4, 0.5) is 4.79 Å². The average molecular weight is 274 g/mol. The van der Waals surface area contributed by atoms with Crippen LogP contribution >= 0.6 is 0 Å². The number of esters is 1. The van der Waals surface area contributed by atoms with E-state index in [1.165, 1.54) is 0 Å². The summed E-state index contributed by atoms with van der Waals surface area (Å²) in [5.74, 6) is -0.460. The van der Waals surface area contributed by atoms with Crippen molar-refractivity contribution in [2.24, 2.45) is 5.73 Å². The molecule has 1 atom stereocenters. The van der Waals surface area contributed by atoms with Gasteiger partial charge < -0.3 is 20.5 Å². The standard InChI is InChI=1S/C13H26N2O4/c1-10(15-12(17)19-13(2,3)4)11(16)18-9-7-5-6-8-14/h10H,5-9,14H2,1-4H3,(H,15,17)/t10-/m0/s1. The number of carbonyl (C=O) groups is 2. The molecule has 0 saturated carbocycles. The molecule has 0 radical (unpaired) electrons. The summed E-state index contributed by atoms with van der Waals surface area (Å²) in [6.45, 7) is 7.82. The SMILES string of the molecule is C[C@H](NC(=O)OC(C)(C)C)C(=O)OCCCCCN. The molecule has 19 heavy (non-hydrogen) atoms. The van der Waals surface area contributed by atoms with E-state index in [2.05, 4.69) is 5.32 Å². The molecule has 0 aromatic carbocycles. The van der Waals surface area contributed by atoms with Crippen LogP contribution in [0.25, 0.3) is 0 Å². The van der Waals surface area contributed by atoms with E-state index in [-0.39, 0.29) is 0 Å². The molecule has 0 unspecified atom stereocenters. The number of ether oxygens (including phenoxy) is 2. The first-order valence-electron chi connectivity index (χ1n) is 6.62. The number of hydrogen-bond donors (Lipinski definition) is 2. The lowest BCUT2D eigenvalue weighted by Crippen LogP contribution is -2.42. The molecule has 0 rings (SSSR count). The van der Waals surface area contributed by atoms with E-state index >= 15 is 0 Å². The molecular weight excluding hydrogens is 248 g/mol. The molecule has 0 spiro atoms. The van der Waals surface area contributed by atoms with Gasteiger partial charge in [-0.3, -0.25) is 0 Å². The highest BCUT2D eigenvalue weighted by atomic mass is 16.6. The Balaban J connectivity index is 3.84. The van der Waals surface area contributed by atoms with Crippen LogP contribution in [0.3, 0.4) is 0 Å². The Labute approximate surface area is 115 Å². The van der Waals surface area contributed by atoms with E-state index < -0.39 is 23.7 Å². The van der Waals surface area contributed by atoms with Crippen molar-refractivity contribution in [2.45, 2.75) is 58.6 Å². The lowest BCUT2D eigenvalue weighted by atomic mass is 10.2. The van der Waals surface area contributed by atoms with Crippen molar-refractivity contribution in [2.75, 3.05) is 13.2 Å².